The van der Waals surface area contributed by atoms with Crippen molar-refractivity contribution in [2.45, 2.75) is 19.5 Å². The van der Waals surface area contributed by atoms with Crippen LogP contribution in [0, 0.1) is 6.92 Å². The molecule has 0 N–H and O–H groups in total. The molecule has 26 heavy (non-hydrogen) atoms. The predicted molar refractivity (Wildman–Crippen MR) is 110 cm³/mol. The molecule has 1 atom stereocenters. The molecule has 3 heteroatoms. The zero-order valence-electron chi connectivity index (χ0n) is 15.2. The Kier molecular flexibility index (Phi) is 4.71. The zero-order valence-corrected chi connectivity index (χ0v) is 15.9. The van der Waals surface area contributed by atoms with E-state index in [1.807, 2.05) is 12.1 Å². The maximum absolute atomic E-state index is 6.13. The number of rotatable bonds is 3. The van der Waals surface area contributed by atoms with E-state index >= 15 is 0 Å². The molecule has 3 aromatic rings. The highest BCUT2D eigenvalue weighted by Gasteiger charge is 2.28. The van der Waals surface area contributed by atoms with E-state index in [4.69, 9.17) is 11.6 Å². The Balaban J connectivity index is 1.75. The molecule has 0 saturated carbocycles. The number of benzene rings is 3. The Morgan fingerprint density at radius 2 is 1.58 bits per heavy atom. The fourth-order valence-electron chi connectivity index (χ4n) is 3.85. The van der Waals surface area contributed by atoms with Gasteiger partial charge in [-0.2, -0.15) is 0 Å². The third kappa shape index (κ3) is 3.35. The van der Waals surface area contributed by atoms with E-state index in [1.54, 1.807) is 0 Å². The van der Waals surface area contributed by atoms with Crippen molar-refractivity contribution in [2.24, 2.45) is 0 Å². The number of halogens is 1. The van der Waals surface area contributed by atoms with Crippen LogP contribution < -0.4 is 4.90 Å². The van der Waals surface area contributed by atoms with E-state index in [2.05, 4.69) is 84.4 Å². The molecular weight excluding hydrogens is 340 g/mol. The van der Waals surface area contributed by atoms with Crippen molar-refractivity contribution >= 4 is 17.3 Å². The minimum absolute atomic E-state index is 0.199. The normalized spacial score (nSPS) is 15.6. The summed E-state index contributed by atoms with van der Waals surface area (Å²) in [4.78, 5) is 4.87. The fourth-order valence-corrected chi connectivity index (χ4v) is 3.97. The molecule has 0 spiro atoms. The zero-order chi connectivity index (χ0) is 18.1. The summed E-state index contributed by atoms with van der Waals surface area (Å²) in [6.07, 6.45) is 0. The molecule has 4 rings (SSSR count). The minimum atomic E-state index is 0.199. The number of fused-ring (bicyclic) bond motifs is 1. The average molecular weight is 363 g/mol. The Morgan fingerprint density at radius 3 is 2.31 bits per heavy atom. The summed E-state index contributed by atoms with van der Waals surface area (Å²) in [5.74, 6) is 0. The van der Waals surface area contributed by atoms with E-state index in [0.717, 1.165) is 18.2 Å². The van der Waals surface area contributed by atoms with Crippen LogP contribution in [0.15, 0.2) is 72.8 Å². The highest BCUT2D eigenvalue weighted by atomic mass is 35.5. The van der Waals surface area contributed by atoms with Crippen molar-refractivity contribution in [3.05, 3.63) is 100 Å². The lowest BCUT2D eigenvalue weighted by Crippen LogP contribution is -2.42. The van der Waals surface area contributed by atoms with Crippen LogP contribution in [0.4, 0.5) is 5.69 Å². The summed E-state index contributed by atoms with van der Waals surface area (Å²) < 4.78 is 0. The minimum Gasteiger partial charge on any atom is -0.361 e. The lowest BCUT2D eigenvalue weighted by atomic mass is 9.95. The van der Waals surface area contributed by atoms with Gasteiger partial charge in [0.1, 0.15) is 0 Å². The smallest absolute Gasteiger partial charge is 0.0714 e. The van der Waals surface area contributed by atoms with Crippen molar-refractivity contribution in [3.8, 4) is 0 Å². The lowest BCUT2D eigenvalue weighted by molar-refractivity contribution is 0.209. The third-order valence-electron chi connectivity index (χ3n) is 5.09. The van der Waals surface area contributed by atoms with Gasteiger partial charge in [0.05, 0.1) is 12.7 Å². The van der Waals surface area contributed by atoms with Gasteiger partial charge >= 0.3 is 0 Å². The van der Waals surface area contributed by atoms with Gasteiger partial charge in [-0.05, 0) is 47.4 Å². The Morgan fingerprint density at radius 1 is 0.885 bits per heavy atom. The van der Waals surface area contributed by atoms with E-state index in [-0.39, 0.29) is 6.04 Å². The highest BCUT2D eigenvalue weighted by molar-refractivity contribution is 6.30. The third-order valence-corrected chi connectivity index (χ3v) is 5.34. The number of aryl methyl sites for hydroxylation is 1. The van der Waals surface area contributed by atoms with E-state index in [1.165, 1.54) is 27.9 Å². The number of hydrogen-bond acceptors (Lipinski definition) is 2. The summed E-state index contributed by atoms with van der Waals surface area (Å²) >= 11 is 6.13. The van der Waals surface area contributed by atoms with Gasteiger partial charge in [0.15, 0.2) is 0 Å². The molecule has 0 fully saturated rings. The number of nitrogens with zero attached hydrogens (tertiary/aromatic N) is 2. The van der Waals surface area contributed by atoms with Gasteiger partial charge < -0.3 is 4.90 Å². The monoisotopic (exact) mass is 362 g/mol. The molecule has 0 saturated heterocycles. The van der Waals surface area contributed by atoms with Crippen molar-refractivity contribution in [1.82, 2.24) is 4.90 Å². The summed E-state index contributed by atoms with van der Waals surface area (Å²) in [5, 5.41) is 0.775. The Bertz CT molecular complexity index is 890. The summed E-state index contributed by atoms with van der Waals surface area (Å²) in [5.41, 5.74) is 6.59. The first-order valence-corrected chi connectivity index (χ1v) is 9.35. The molecule has 1 unspecified atom stereocenters. The van der Waals surface area contributed by atoms with Gasteiger partial charge in [0.25, 0.3) is 0 Å². The summed E-state index contributed by atoms with van der Waals surface area (Å²) in [6, 6.07) is 25.9. The average Bonchev–Trinajstić information content (AvgIpc) is 2.65. The summed E-state index contributed by atoms with van der Waals surface area (Å²) in [6.45, 7) is 3.97. The fraction of sp³-hybridized carbons (Fsp3) is 0.217. The topological polar surface area (TPSA) is 6.48 Å². The first kappa shape index (κ1) is 17.1. The maximum atomic E-state index is 6.13. The largest absolute Gasteiger partial charge is 0.361 e. The van der Waals surface area contributed by atoms with Gasteiger partial charge in [-0.15, -0.1) is 0 Å². The Labute approximate surface area is 160 Å². The van der Waals surface area contributed by atoms with Crippen molar-refractivity contribution in [1.29, 1.82) is 0 Å². The SMILES string of the molecule is Cc1ccc2c(c1)N(C)CN(C(c1ccccc1)c1ccc(Cl)cc1)C2. The molecular formula is C23H23ClN2. The first-order valence-electron chi connectivity index (χ1n) is 8.97. The van der Waals surface area contributed by atoms with Gasteiger partial charge in [0.2, 0.25) is 0 Å². The quantitative estimate of drug-likeness (QED) is 0.594. The second-order valence-corrected chi connectivity index (χ2v) is 7.52. The molecule has 1 heterocycles. The molecule has 0 radical (unpaired) electrons. The van der Waals surface area contributed by atoms with Crippen LogP contribution in [0.3, 0.4) is 0 Å². The van der Waals surface area contributed by atoms with E-state index in [9.17, 15) is 0 Å². The predicted octanol–water partition coefficient (Wildman–Crippen LogP) is 5.65. The molecule has 2 nitrogen and oxygen atoms in total. The van der Waals surface area contributed by atoms with Crippen LogP contribution in [0.25, 0.3) is 0 Å². The van der Waals surface area contributed by atoms with Crippen LogP contribution in [0.2, 0.25) is 5.02 Å². The van der Waals surface area contributed by atoms with Crippen molar-refractivity contribution in [2.75, 3.05) is 18.6 Å². The van der Waals surface area contributed by atoms with Gasteiger partial charge in [-0.25, -0.2) is 0 Å². The van der Waals surface area contributed by atoms with Crippen LogP contribution in [0.5, 0.6) is 0 Å². The van der Waals surface area contributed by atoms with Crippen LogP contribution in [-0.2, 0) is 6.54 Å². The van der Waals surface area contributed by atoms with Crippen molar-refractivity contribution in [3.63, 3.8) is 0 Å². The summed E-state index contributed by atoms with van der Waals surface area (Å²) in [7, 11) is 2.17. The lowest BCUT2D eigenvalue weighted by Gasteiger charge is -2.41. The van der Waals surface area contributed by atoms with Crippen LogP contribution in [0.1, 0.15) is 28.3 Å². The van der Waals surface area contributed by atoms with Gasteiger partial charge in [0, 0.05) is 24.3 Å². The molecule has 0 aliphatic carbocycles. The second-order valence-electron chi connectivity index (χ2n) is 7.08. The standard InChI is InChI=1S/C23H23ClN2/c1-17-8-9-20-15-26(16-25(2)22(20)14-17)23(18-6-4-3-5-7-18)19-10-12-21(24)13-11-19/h3-14,23H,15-16H2,1-2H3. The molecule has 1 aliphatic heterocycles. The van der Waals surface area contributed by atoms with Crippen LogP contribution >= 0.6 is 11.6 Å². The first-order chi connectivity index (χ1) is 12.6. The second kappa shape index (κ2) is 7.14. The van der Waals surface area contributed by atoms with E-state index < -0.39 is 0 Å². The number of anilines is 1. The molecule has 0 bridgehead atoms. The molecule has 3 aromatic carbocycles. The Hall–Kier alpha value is -2.29. The van der Waals surface area contributed by atoms with Crippen molar-refractivity contribution < 1.29 is 0 Å². The van der Waals surface area contributed by atoms with Gasteiger partial charge in [-0.3, -0.25) is 4.90 Å². The highest BCUT2D eigenvalue weighted by Crippen LogP contribution is 2.36. The maximum Gasteiger partial charge on any atom is 0.0714 e. The van der Waals surface area contributed by atoms with Gasteiger partial charge in [-0.1, -0.05) is 66.2 Å². The molecule has 0 aromatic heterocycles. The van der Waals surface area contributed by atoms with Crippen LogP contribution in [-0.4, -0.2) is 18.6 Å². The molecule has 132 valence electrons. The molecule has 1 aliphatic rings. The molecule has 0 amide bonds. The van der Waals surface area contributed by atoms with E-state index in [0.29, 0.717) is 0 Å². The number of hydrogen-bond donors (Lipinski definition) is 0.